The standard InChI is InChI=1S/C17H20N2/c1-2-10-19-17(8-1)12-14-5-3-6-15(11-14)16-7-4-9-18-13-16/h3-7,9,11,13,17,19H,1-2,8,10,12H2. The van der Waals surface area contributed by atoms with Crippen LogP contribution in [0.3, 0.4) is 0 Å². The normalized spacial score (nSPS) is 19.3. The Balaban J connectivity index is 1.76. The molecule has 19 heavy (non-hydrogen) atoms. The highest BCUT2D eigenvalue weighted by Gasteiger charge is 2.13. The van der Waals surface area contributed by atoms with Crippen LogP contribution in [0.2, 0.25) is 0 Å². The molecule has 2 heteroatoms. The summed E-state index contributed by atoms with van der Waals surface area (Å²) in [6, 6.07) is 13.6. The van der Waals surface area contributed by atoms with Gasteiger partial charge in [0.15, 0.2) is 0 Å². The van der Waals surface area contributed by atoms with E-state index in [0.29, 0.717) is 6.04 Å². The highest BCUT2D eigenvalue weighted by molar-refractivity contribution is 5.62. The van der Waals surface area contributed by atoms with Crippen LogP contribution in [0.4, 0.5) is 0 Å². The van der Waals surface area contributed by atoms with E-state index in [9.17, 15) is 0 Å². The van der Waals surface area contributed by atoms with Gasteiger partial charge in [-0.15, -0.1) is 0 Å². The number of pyridine rings is 1. The lowest BCUT2D eigenvalue weighted by molar-refractivity contribution is 0.399. The van der Waals surface area contributed by atoms with Gasteiger partial charge in [0.05, 0.1) is 0 Å². The summed E-state index contributed by atoms with van der Waals surface area (Å²) in [7, 11) is 0. The molecule has 2 aromatic rings. The van der Waals surface area contributed by atoms with Gasteiger partial charge >= 0.3 is 0 Å². The van der Waals surface area contributed by atoms with E-state index in [1.165, 1.54) is 42.5 Å². The first-order valence-electron chi connectivity index (χ1n) is 7.14. The fourth-order valence-corrected chi connectivity index (χ4v) is 2.79. The highest BCUT2D eigenvalue weighted by Crippen LogP contribution is 2.21. The van der Waals surface area contributed by atoms with Crippen molar-refractivity contribution in [3.05, 3.63) is 54.4 Å². The summed E-state index contributed by atoms with van der Waals surface area (Å²) in [4.78, 5) is 4.19. The maximum Gasteiger partial charge on any atom is 0.0346 e. The molecule has 98 valence electrons. The zero-order valence-corrected chi connectivity index (χ0v) is 11.2. The second-order valence-corrected chi connectivity index (χ2v) is 5.29. The van der Waals surface area contributed by atoms with Crippen LogP contribution in [0.1, 0.15) is 24.8 Å². The zero-order valence-electron chi connectivity index (χ0n) is 11.2. The lowest BCUT2D eigenvalue weighted by Gasteiger charge is -2.23. The molecule has 0 radical (unpaired) electrons. The number of piperidine rings is 1. The molecule has 0 aliphatic carbocycles. The predicted octanol–water partition coefficient (Wildman–Crippen LogP) is 3.43. The Kier molecular flexibility index (Phi) is 3.89. The van der Waals surface area contributed by atoms with Gasteiger partial charge in [-0.1, -0.05) is 36.8 Å². The third-order valence-electron chi connectivity index (χ3n) is 3.82. The molecule has 1 aromatic heterocycles. The summed E-state index contributed by atoms with van der Waals surface area (Å²) in [5.41, 5.74) is 3.88. The summed E-state index contributed by atoms with van der Waals surface area (Å²) in [5.74, 6) is 0. The molecule has 1 unspecified atom stereocenters. The molecule has 0 bridgehead atoms. The number of rotatable bonds is 3. The van der Waals surface area contributed by atoms with E-state index in [0.717, 1.165) is 6.42 Å². The van der Waals surface area contributed by atoms with Crippen molar-refractivity contribution in [2.45, 2.75) is 31.7 Å². The molecule has 0 amide bonds. The lowest BCUT2D eigenvalue weighted by Crippen LogP contribution is -2.35. The van der Waals surface area contributed by atoms with Crippen LogP contribution in [0.15, 0.2) is 48.8 Å². The van der Waals surface area contributed by atoms with E-state index in [2.05, 4.69) is 40.6 Å². The minimum Gasteiger partial charge on any atom is -0.314 e. The Morgan fingerprint density at radius 1 is 1.11 bits per heavy atom. The second kappa shape index (κ2) is 5.98. The monoisotopic (exact) mass is 252 g/mol. The van der Waals surface area contributed by atoms with E-state index in [-0.39, 0.29) is 0 Å². The highest BCUT2D eigenvalue weighted by atomic mass is 14.9. The van der Waals surface area contributed by atoms with E-state index in [1.54, 1.807) is 0 Å². The minimum absolute atomic E-state index is 0.651. The van der Waals surface area contributed by atoms with Crippen molar-refractivity contribution in [1.29, 1.82) is 0 Å². The quantitative estimate of drug-likeness (QED) is 0.905. The van der Waals surface area contributed by atoms with Gasteiger partial charge in [-0.2, -0.15) is 0 Å². The number of nitrogens with zero attached hydrogens (tertiary/aromatic N) is 1. The lowest BCUT2D eigenvalue weighted by atomic mass is 9.96. The fourth-order valence-electron chi connectivity index (χ4n) is 2.79. The van der Waals surface area contributed by atoms with Crippen molar-refractivity contribution >= 4 is 0 Å². The zero-order chi connectivity index (χ0) is 12.9. The van der Waals surface area contributed by atoms with Crippen LogP contribution in [-0.2, 0) is 6.42 Å². The summed E-state index contributed by atoms with van der Waals surface area (Å²) in [5, 5.41) is 3.61. The number of hydrogen-bond acceptors (Lipinski definition) is 2. The van der Waals surface area contributed by atoms with Crippen LogP contribution >= 0.6 is 0 Å². The molecule has 1 N–H and O–H groups in total. The smallest absolute Gasteiger partial charge is 0.0346 e. The van der Waals surface area contributed by atoms with Crippen molar-refractivity contribution < 1.29 is 0 Å². The maximum absolute atomic E-state index is 4.19. The summed E-state index contributed by atoms with van der Waals surface area (Å²) in [6.45, 7) is 1.17. The van der Waals surface area contributed by atoms with Crippen LogP contribution < -0.4 is 5.32 Å². The van der Waals surface area contributed by atoms with Crippen molar-refractivity contribution in [3.63, 3.8) is 0 Å². The van der Waals surface area contributed by atoms with Crippen molar-refractivity contribution in [1.82, 2.24) is 10.3 Å². The van der Waals surface area contributed by atoms with Crippen LogP contribution in [0, 0.1) is 0 Å². The van der Waals surface area contributed by atoms with Gasteiger partial charge in [0.25, 0.3) is 0 Å². The predicted molar refractivity (Wildman–Crippen MR) is 79.0 cm³/mol. The van der Waals surface area contributed by atoms with Gasteiger partial charge < -0.3 is 5.32 Å². The van der Waals surface area contributed by atoms with Gasteiger partial charge in [-0.25, -0.2) is 0 Å². The van der Waals surface area contributed by atoms with Gasteiger partial charge in [0.1, 0.15) is 0 Å². The van der Waals surface area contributed by atoms with Crippen molar-refractivity contribution in [3.8, 4) is 11.1 Å². The summed E-state index contributed by atoms with van der Waals surface area (Å²) in [6.07, 6.45) is 8.87. The number of benzene rings is 1. The topological polar surface area (TPSA) is 24.9 Å². The minimum atomic E-state index is 0.651. The molecule has 3 rings (SSSR count). The summed E-state index contributed by atoms with van der Waals surface area (Å²) >= 11 is 0. The first-order chi connectivity index (χ1) is 9.42. The molecule has 1 atom stereocenters. The molecule has 0 spiro atoms. The molecule has 2 heterocycles. The first-order valence-corrected chi connectivity index (χ1v) is 7.14. The maximum atomic E-state index is 4.19. The second-order valence-electron chi connectivity index (χ2n) is 5.29. The molecule has 1 aliphatic rings. The Morgan fingerprint density at radius 2 is 2.05 bits per heavy atom. The average molecular weight is 252 g/mol. The Hall–Kier alpha value is -1.67. The molecular weight excluding hydrogens is 232 g/mol. The van der Waals surface area contributed by atoms with Crippen molar-refractivity contribution in [2.75, 3.05) is 6.54 Å². The van der Waals surface area contributed by atoms with Gasteiger partial charge in [0.2, 0.25) is 0 Å². The molecule has 1 fully saturated rings. The SMILES string of the molecule is c1cncc(-c2cccc(CC3CCCCN3)c2)c1. The van der Waals surface area contributed by atoms with Crippen molar-refractivity contribution in [2.24, 2.45) is 0 Å². The van der Waals surface area contributed by atoms with E-state index >= 15 is 0 Å². The van der Waals surface area contributed by atoms with Crippen LogP contribution in [0.25, 0.3) is 11.1 Å². The van der Waals surface area contributed by atoms with Gasteiger partial charge in [-0.05, 0) is 48.6 Å². The average Bonchev–Trinajstić information content (AvgIpc) is 2.49. The van der Waals surface area contributed by atoms with Gasteiger partial charge in [-0.3, -0.25) is 4.98 Å². The summed E-state index contributed by atoms with van der Waals surface area (Å²) < 4.78 is 0. The Labute approximate surface area is 114 Å². The fraction of sp³-hybridized carbons (Fsp3) is 0.353. The molecular formula is C17H20N2. The van der Waals surface area contributed by atoms with E-state index in [4.69, 9.17) is 0 Å². The third-order valence-corrected chi connectivity index (χ3v) is 3.82. The first kappa shape index (κ1) is 12.4. The van der Waals surface area contributed by atoms with E-state index in [1.807, 2.05) is 18.5 Å². The largest absolute Gasteiger partial charge is 0.314 e. The van der Waals surface area contributed by atoms with Gasteiger partial charge in [0, 0.05) is 18.4 Å². The van der Waals surface area contributed by atoms with E-state index < -0.39 is 0 Å². The molecule has 2 nitrogen and oxygen atoms in total. The Bertz CT molecular complexity index is 516. The number of nitrogens with one attached hydrogen (secondary N) is 1. The third kappa shape index (κ3) is 3.21. The molecule has 1 aliphatic heterocycles. The van der Waals surface area contributed by atoms with Crippen LogP contribution in [-0.4, -0.2) is 17.6 Å². The molecule has 1 saturated heterocycles. The number of aromatic nitrogens is 1. The number of hydrogen-bond donors (Lipinski definition) is 1. The molecule has 0 saturated carbocycles. The molecule has 1 aromatic carbocycles. The Morgan fingerprint density at radius 3 is 2.84 bits per heavy atom. The van der Waals surface area contributed by atoms with Crippen LogP contribution in [0.5, 0.6) is 0 Å².